The van der Waals surface area contributed by atoms with Gasteiger partial charge in [-0.1, -0.05) is 18.2 Å². The largest absolute Gasteiger partial charge is 0.381 e. The minimum atomic E-state index is 0.0896. The van der Waals surface area contributed by atoms with Crippen molar-refractivity contribution in [1.29, 1.82) is 0 Å². The Morgan fingerprint density at radius 2 is 2.05 bits per heavy atom. The number of hydrogen-bond donors (Lipinski definition) is 1. The van der Waals surface area contributed by atoms with E-state index in [4.69, 9.17) is 4.74 Å². The van der Waals surface area contributed by atoms with E-state index in [0.29, 0.717) is 11.5 Å². The number of benzene rings is 1. The van der Waals surface area contributed by atoms with Crippen molar-refractivity contribution in [2.45, 2.75) is 31.7 Å². The summed E-state index contributed by atoms with van der Waals surface area (Å²) in [4.78, 5) is 13.3. The number of rotatable bonds is 2. The van der Waals surface area contributed by atoms with Gasteiger partial charge in [0.25, 0.3) is 5.91 Å². The lowest BCUT2D eigenvalue weighted by atomic mass is 9.60. The summed E-state index contributed by atoms with van der Waals surface area (Å²) in [5, 5.41) is 4.42. The fourth-order valence-electron chi connectivity index (χ4n) is 3.62. The number of carbonyl (C=O) groups excluding carboxylic acids is 1. The molecule has 1 aromatic carbocycles. The Balaban J connectivity index is 1.50. The van der Waals surface area contributed by atoms with Crippen LogP contribution in [0.15, 0.2) is 30.3 Å². The van der Waals surface area contributed by atoms with Crippen LogP contribution >= 0.6 is 11.3 Å². The van der Waals surface area contributed by atoms with Crippen LogP contribution in [0.5, 0.6) is 0 Å². The monoisotopic (exact) mass is 301 g/mol. The molecule has 1 saturated carbocycles. The second kappa shape index (κ2) is 5.11. The molecule has 0 bridgehead atoms. The van der Waals surface area contributed by atoms with E-state index in [1.807, 2.05) is 18.2 Å². The van der Waals surface area contributed by atoms with E-state index in [0.717, 1.165) is 42.7 Å². The van der Waals surface area contributed by atoms with E-state index in [-0.39, 0.29) is 5.91 Å². The van der Waals surface area contributed by atoms with Gasteiger partial charge in [-0.05, 0) is 48.6 Å². The highest BCUT2D eigenvalue weighted by Crippen LogP contribution is 2.48. The summed E-state index contributed by atoms with van der Waals surface area (Å²) in [5.41, 5.74) is 0.310. The number of thiophene rings is 1. The number of nitrogens with one attached hydrogen (secondary N) is 1. The van der Waals surface area contributed by atoms with Crippen LogP contribution in [-0.4, -0.2) is 25.2 Å². The molecule has 1 atom stereocenters. The van der Waals surface area contributed by atoms with Gasteiger partial charge in [0.2, 0.25) is 0 Å². The molecule has 0 radical (unpaired) electrons. The lowest BCUT2D eigenvalue weighted by molar-refractivity contribution is -0.0522. The molecule has 1 amide bonds. The van der Waals surface area contributed by atoms with E-state index < -0.39 is 0 Å². The maximum atomic E-state index is 12.5. The van der Waals surface area contributed by atoms with Gasteiger partial charge in [-0.3, -0.25) is 4.79 Å². The van der Waals surface area contributed by atoms with Crippen LogP contribution in [0.4, 0.5) is 0 Å². The molecule has 1 unspecified atom stereocenters. The van der Waals surface area contributed by atoms with Crippen molar-refractivity contribution in [3.8, 4) is 0 Å². The van der Waals surface area contributed by atoms with Crippen LogP contribution in [0.2, 0.25) is 0 Å². The van der Waals surface area contributed by atoms with E-state index >= 15 is 0 Å². The Morgan fingerprint density at radius 1 is 1.24 bits per heavy atom. The normalized spacial score (nSPS) is 23.9. The van der Waals surface area contributed by atoms with Crippen molar-refractivity contribution in [3.63, 3.8) is 0 Å². The van der Waals surface area contributed by atoms with E-state index in [9.17, 15) is 4.79 Å². The minimum absolute atomic E-state index is 0.0896. The Kier molecular flexibility index (Phi) is 3.23. The second-order valence-corrected chi connectivity index (χ2v) is 7.27. The molecule has 2 aliphatic rings. The Labute approximate surface area is 128 Å². The predicted octanol–water partition coefficient (Wildman–Crippen LogP) is 3.59. The summed E-state index contributed by atoms with van der Waals surface area (Å²) in [6, 6.07) is 10.5. The van der Waals surface area contributed by atoms with Crippen LogP contribution in [0.25, 0.3) is 10.1 Å². The van der Waals surface area contributed by atoms with Crippen LogP contribution in [0.1, 0.15) is 35.4 Å². The molecular formula is C17H19NO2S. The van der Waals surface area contributed by atoms with Gasteiger partial charge in [0.1, 0.15) is 0 Å². The van der Waals surface area contributed by atoms with Gasteiger partial charge in [0, 0.05) is 24.0 Å². The summed E-state index contributed by atoms with van der Waals surface area (Å²) in [7, 11) is 0. The fourth-order valence-corrected chi connectivity index (χ4v) is 4.59. The zero-order valence-electron chi connectivity index (χ0n) is 11.9. The van der Waals surface area contributed by atoms with Crippen LogP contribution in [0, 0.1) is 5.41 Å². The first-order valence-electron chi connectivity index (χ1n) is 7.64. The van der Waals surface area contributed by atoms with Gasteiger partial charge in [0.05, 0.1) is 4.88 Å². The summed E-state index contributed by atoms with van der Waals surface area (Å²) >= 11 is 1.58. The summed E-state index contributed by atoms with van der Waals surface area (Å²) in [6.07, 6.45) is 4.51. The molecule has 2 fully saturated rings. The van der Waals surface area contributed by atoms with Crippen LogP contribution in [-0.2, 0) is 4.74 Å². The molecule has 1 N–H and O–H groups in total. The molecule has 1 spiro atoms. The third-order valence-electron chi connectivity index (χ3n) is 5.11. The smallest absolute Gasteiger partial charge is 0.261 e. The summed E-state index contributed by atoms with van der Waals surface area (Å²) in [5.74, 6) is 0.0896. The maximum absolute atomic E-state index is 12.5. The summed E-state index contributed by atoms with van der Waals surface area (Å²) < 4.78 is 6.65. The topological polar surface area (TPSA) is 38.3 Å². The van der Waals surface area contributed by atoms with E-state index in [2.05, 4.69) is 17.4 Å². The first-order valence-corrected chi connectivity index (χ1v) is 8.46. The maximum Gasteiger partial charge on any atom is 0.261 e. The van der Waals surface area contributed by atoms with Crippen molar-refractivity contribution in [2.75, 3.05) is 13.2 Å². The summed E-state index contributed by atoms with van der Waals surface area (Å²) in [6.45, 7) is 1.69. The quantitative estimate of drug-likeness (QED) is 0.920. The number of fused-ring (bicyclic) bond motifs is 1. The Bertz CT molecular complexity index is 639. The fraction of sp³-hybridized carbons (Fsp3) is 0.471. The zero-order valence-corrected chi connectivity index (χ0v) is 12.7. The predicted molar refractivity (Wildman–Crippen MR) is 84.8 cm³/mol. The molecule has 2 aromatic rings. The molecule has 4 rings (SSSR count). The van der Waals surface area contributed by atoms with Gasteiger partial charge in [0.15, 0.2) is 0 Å². The lowest BCUT2D eigenvalue weighted by Gasteiger charge is -2.52. The number of hydrogen-bond acceptors (Lipinski definition) is 3. The van der Waals surface area contributed by atoms with Crippen molar-refractivity contribution < 1.29 is 9.53 Å². The lowest BCUT2D eigenvalue weighted by Crippen LogP contribution is -2.57. The molecule has 1 aliphatic carbocycles. The van der Waals surface area contributed by atoms with Crippen molar-refractivity contribution in [3.05, 3.63) is 35.2 Å². The second-order valence-electron chi connectivity index (χ2n) is 6.19. The molecular weight excluding hydrogens is 282 g/mol. The first kappa shape index (κ1) is 13.3. The van der Waals surface area contributed by atoms with Gasteiger partial charge in [-0.2, -0.15) is 0 Å². The minimum Gasteiger partial charge on any atom is -0.381 e. The highest BCUT2D eigenvalue weighted by atomic mass is 32.1. The molecule has 2 heterocycles. The molecule has 110 valence electrons. The molecule has 1 aliphatic heterocycles. The van der Waals surface area contributed by atoms with Crippen molar-refractivity contribution in [2.24, 2.45) is 5.41 Å². The zero-order chi connectivity index (χ0) is 14.3. The molecule has 1 aromatic heterocycles. The third-order valence-corrected chi connectivity index (χ3v) is 6.23. The first-order chi connectivity index (χ1) is 10.3. The van der Waals surface area contributed by atoms with Crippen LogP contribution in [0.3, 0.4) is 0 Å². The number of ether oxygens (including phenoxy) is 1. The van der Waals surface area contributed by atoms with Crippen molar-refractivity contribution >= 4 is 27.3 Å². The Hall–Kier alpha value is -1.39. The molecule has 4 heteroatoms. The highest BCUT2D eigenvalue weighted by Gasteiger charge is 2.48. The Morgan fingerprint density at radius 3 is 2.76 bits per heavy atom. The van der Waals surface area contributed by atoms with E-state index in [1.54, 1.807) is 11.3 Å². The van der Waals surface area contributed by atoms with Gasteiger partial charge in [-0.25, -0.2) is 0 Å². The molecule has 1 saturated heterocycles. The van der Waals surface area contributed by atoms with E-state index in [1.165, 1.54) is 11.1 Å². The van der Waals surface area contributed by atoms with Crippen LogP contribution < -0.4 is 5.32 Å². The number of amides is 1. The highest BCUT2D eigenvalue weighted by molar-refractivity contribution is 7.20. The van der Waals surface area contributed by atoms with Crippen molar-refractivity contribution in [1.82, 2.24) is 5.32 Å². The number of carbonyl (C=O) groups is 1. The van der Waals surface area contributed by atoms with Gasteiger partial charge >= 0.3 is 0 Å². The third kappa shape index (κ3) is 2.27. The average Bonchev–Trinajstić information content (AvgIpc) is 2.96. The van der Waals surface area contributed by atoms with Gasteiger partial charge in [-0.15, -0.1) is 11.3 Å². The van der Waals surface area contributed by atoms with Gasteiger partial charge < -0.3 is 10.1 Å². The standard InChI is InChI=1S/C17H19NO2S/c19-16(14-11-12-3-1-2-4-13(12)21-14)18-15-5-6-17(15)7-9-20-10-8-17/h1-4,11,15H,5-10H2,(H,18,19). The molecule has 3 nitrogen and oxygen atoms in total. The molecule has 21 heavy (non-hydrogen) atoms. The SMILES string of the molecule is O=C(NC1CCC12CCOCC2)c1cc2ccccc2s1. The average molecular weight is 301 g/mol.